The summed E-state index contributed by atoms with van der Waals surface area (Å²) >= 11 is 0. The van der Waals surface area contributed by atoms with Crippen LogP contribution in [0.2, 0.25) is 0 Å². The van der Waals surface area contributed by atoms with Gasteiger partial charge in [-0.3, -0.25) is 4.79 Å². The molecule has 2 aliphatic heterocycles. The number of nitrogens with one attached hydrogen (secondary N) is 2. The molecule has 132 valence electrons. The number of fused-ring (bicyclic) bond motifs is 1. The lowest BCUT2D eigenvalue weighted by atomic mass is 9.96. The molecule has 1 unspecified atom stereocenters. The Labute approximate surface area is 141 Å². The minimum atomic E-state index is -3.51. The van der Waals surface area contributed by atoms with Gasteiger partial charge in [-0.2, -0.15) is 0 Å². The Morgan fingerprint density at radius 1 is 1.29 bits per heavy atom. The van der Waals surface area contributed by atoms with Gasteiger partial charge in [0.1, 0.15) is 12.7 Å². The second kappa shape index (κ2) is 6.60. The van der Waals surface area contributed by atoms with Crippen molar-refractivity contribution in [2.45, 2.75) is 23.7 Å². The third-order valence-electron chi connectivity index (χ3n) is 4.59. The predicted octanol–water partition coefficient (Wildman–Crippen LogP) is 0.109. The zero-order chi connectivity index (χ0) is 17.2. The maximum atomic E-state index is 12.6. The van der Waals surface area contributed by atoms with Crippen molar-refractivity contribution in [1.82, 2.24) is 10.6 Å². The van der Waals surface area contributed by atoms with Gasteiger partial charge in [0.25, 0.3) is 0 Å². The zero-order valence-electron chi connectivity index (χ0n) is 13.6. The van der Waals surface area contributed by atoms with Crippen LogP contribution in [0.25, 0.3) is 0 Å². The van der Waals surface area contributed by atoms with Gasteiger partial charge in [-0.1, -0.05) is 12.1 Å². The highest BCUT2D eigenvalue weighted by Crippen LogP contribution is 2.31. The van der Waals surface area contributed by atoms with Gasteiger partial charge in [-0.15, -0.1) is 0 Å². The fourth-order valence-electron chi connectivity index (χ4n) is 3.13. The van der Waals surface area contributed by atoms with Gasteiger partial charge in [0.15, 0.2) is 26.1 Å². The van der Waals surface area contributed by atoms with E-state index in [9.17, 15) is 13.2 Å². The quantitative estimate of drug-likeness (QED) is 0.797. The molecule has 2 N–H and O–H groups in total. The summed E-state index contributed by atoms with van der Waals surface area (Å²) < 4.78 is 34.5. The van der Waals surface area contributed by atoms with Crippen LogP contribution in [0, 0.1) is 0 Å². The number of carbonyl (C=O) groups excluding carboxylic acids is 1. The number of hydrogen-bond acceptors (Lipinski definition) is 6. The first-order valence-corrected chi connectivity index (χ1v) is 9.89. The monoisotopic (exact) mass is 354 g/mol. The second-order valence-corrected chi connectivity index (χ2v) is 8.55. The molecule has 3 rings (SSSR count). The highest BCUT2D eigenvalue weighted by molar-refractivity contribution is 7.92. The van der Waals surface area contributed by atoms with E-state index in [-0.39, 0.29) is 25.5 Å². The molecule has 0 radical (unpaired) electrons. The lowest BCUT2D eigenvalue weighted by Crippen LogP contribution is -2.58. The minimum absolute atomic E-state index is 0.206. The van der Waals surface area contributed by atoms with Gasteiger partial charge >= 0.3 is 0 Å². The Hall–Kier alpha value is -1.80. The van der Waals surface area contributed by atoms with Gasteiger partial charge in [-0.25, -0.2) is 8.42 Å². The smallest absolute Gasteiger partial charge is 0.241 e. The molecule has 0 saturated carbocycles. The second-order valence-electron chi connectivity index (χ2n) is 6.22. The van der Waals surface area contributed by atoms with Crippen molar-refractivity contribution < 1.29 is 22.7 Å². The first-order chi connectivity index (χ1) is 11.4. The summed E-state index contributed by atoms with van der Waals surface area (Å²) in [5, 5.41) is 5.84. The van der Waals surface area contributed by atoms with E-state index in [2.05, 4.69) is 10.6 Å². The first kappa shape index (κ1) is 17.0. The van der Waals surface area contributed by atoms with Crippen LogP contribution in [0.15, 0.2) is 24.3 Å². The Balaban J connectivity index is 1.65. The first-order valence-electron chi connectivity index (χ1n) is 7.99. The lowest BCUT2D eigenvalue weighted by molar-refractivity contribution is -0.124. The topological polar surface area (TPSA) is 93.7 Å². The van der Waals surface area contributed by atoms with E-state index in [1.165, 1.54) is 0 Å². The molecule has 1 amide bonds. The molecule has 1 atom stereocenters. The molecule has 0 spiro atoms. The van der Waals surface area contributed by atoms with Crippen LogP contribution < -0.4 is 20.1 Å². The molecule has 8 heteroatoms. The number of rotatable bonds is 4. The average Bonchev–Trinajstić information content (AvgIpc) is 2.59. The van der Waals surface area contributed by atoms with Crippen LogP contribution in [0.1, 0.15) is 12.8 Å². The largest absolute Gasteiger partial charge is 0.486 e. The van der Waals surface area contributed by atoms with Crippen LogP contribution in [0.3, 0.4) is 0 Å². The maximum absolute atomic E-state index is 12.6. The fourth-order valence-corrected chi connectivity index (χ4v) is 4.48. The van der Waals surface area contributed by atoms with Crippen LogP contribution >= 0.6 is 0 Å². The molecule has 0 aliphatic carbocycles. The van der Waals surface area contributed by atoms with Gasteiger partial charge < -0.3 is 20.1 Å². The standard InChI is InChI=1S/C16H22N2O5S/c1-24(20,21)16(6-8-17-9-7-16)15(19)18-10-12-11-22-13-4-2-3-5-14(13)23-12/h2-5,12,17H,6-11H2,1H3,(H,18,19). The number of ether oxygens (including phenoxy) is 2. The summed E-state index contributed by atoms with van der Waals surface area (Å²) in [6.45, 7) is 1.54. The molecule has 7 nitrogen and oxygen atoms in total. The Morgan fingerprint density at radius 2 is 1.96 bits per heavy atom. The maximum Gasteiger partial charge on any atom is 0.241 e. The SMILES string of the molecule is CS(=O)(=O)C1(C(=O)NCC2COc3ccccc3O2)CCNCC1. The third-order valence-corrected chi connectivity index (χ3v) is 6.61. The van der Waals surface area contributed by atoms with Gasteiger partial charge in [0.2, 0.25) is 5.91 Å². The number of hydrogen-bond donors (Lipinski definition) is 2. The van der Waals surface area contributed by atoms with Gasteiger partial charge in [-0.05, 0) is 38.1 Å². The van der Waals surface area contributed by atoms with Crippen molar-refractivity contribution in [2.75, 3.05) is 32.5 Å². The van der Waals surface area contributed by atoms with E-state index >= 15 is 0 Å². The van der Waals surface area contributed by atoms with E-state index in [1.54, 1.807) is 6.07 Å². The minimum Gasteiger partial charge on any atom is -0.486 e. The van der Waals surface area contributed by atoms with E-state index in [0.29, 0.717) is 31.2 Å². The number of para-hydroxylation sites is 2. The fraction of sp³-hybridized carbons (Fsp3) is 0.562. The van der Waals surface area contributed by atoms with E-state index in [0.717, 1.165) is 6.26 Å². The van der Waals surface area contributed by atoms with E-state index in [1.807, 2.05) is 18.2 Å². The number of carbonyl (C=O) groups is 1. The van der Waals surface area contributed by atoms with E-state index in [4.69, 9.17) is 9.47 Å². The summed E-state index contributed by atoms with van der Waals surface area (Å²) in [6, 6.07) is 7.32. The Morgan fingerprint density at radius 3 is 2.62 bits per heavy atom. The number of piperidine rings is 1. The molecule has 0 bridgehead atoms. The molecule has 1 fully saturated rings. The van der Waals surface area contributed by atoms with Gasteiger partial charge in [0.05, 0.1) is 6.54 Å². The van der Waals surface area contributed by atoms with Crippen molar-refractivity contribution in [2.24, 2.45) is 0 Å². The molecule has 1 aromatic carbocycles. The number of benzene rings is 1. The molecule has 1 aromatic rings. The van der Waals surface area contributed by atoms with Crippen molar-refractivity contribution in [3.05, 3.63) is 24.3 Å². The molecule has 2 aliphatic rings. The molecule has 0 aromatic heterocycles. The number of amides is 1. The Kier molecular flexibility index (Phi) is 4.69. The highest BCUT2D eigenvalue weighted by atomic mass is 32.2. The molecular weight excluding hydrogens is 332 g/mol. The number of sulfone groups is 1. The zero-order valence-corrected chi connectivity index (χ0v) is 14.4. The molecule has 2 heterocycles. The predicted molar refractivity (Wildman–Crippen MR) is 89.0 cm³/mol. The van der Waals surface area contributed by atoms with Crippen molar-refractivity contribution >= 4 is 15.7 Å². The normalized spacial score (nSPS) is 22.6. The molecular formula is C16H22N2O5S. The lowest BCUT2D eigenvalue weighted by Gasteiger charge is -2.35. The summed E-state index contributed by atoms with van der Waals surface area (Å²) in [4.78, 5) is 12.6. The summed E-state index contributed by atoms with van der Waals surface area (Å²) in [6.07, 6.45) is 1.35. The highest BCUT2D eigenvalue weighted by Gasteiger charge is 2.48. The third kappa shape index (κ3) is 3.21. The Bertz CT molecular complexity index is 713. The van der Waals surface area contributed by atoms with Crippen LogP contribution in [0.4, 0.5) is 0 Å². The van der Waals surface area contributed by atoms with Crippen molar-refractivity contribution in [3.63, 3.8) is 0 Å². The van der Waals surface area contributed by atoms with Crippen molar-refractivity contribution in [3.8, 4) is 11.5 Å². The van der Waals surface area contributed by atoms with Crippen LogP contribution in [-0.4, -0.2) is 57.7 Å². The van der Waals surface area contributed by atoms with Gasteiger partial charge in [0, 0.05) is 6.26 Å². The van der Waals surface area contributed by atoms with Crippen LogP contribution in [-0.2, 0) is 14.6 Å². The van der Waals surface area contributed by atoms with Crippen LogP contribution in [0.5, 0.6) is 11.5 Å². The van der Waals surface area contributed by atoms with E-state index < -0.39 is 20.5 Å². The summed E-state index contributed by atoms with van der Waals surface area (Å²) in [5.74, 6) is 0.850. The van der Waals surface area contributed by atoms with Crippen molar-refractivity contribution in [1.29, 1.82) is 0 Å². The molecule has 24 heavy (non-hydrogen) atoms. The molecule has 1 saturated heterocycles. The average molecular weight is 354 g/mol. The summed E-state index contributed by atoms with van der Waals surface area (Å²) in [5.41, 5.74) is 0. The summed E-state index contributed by atoms with van der Waals surface area (Å²) in [7, 11) is -3.51.